The summed E-state index contributed by atoms with van der Waals surface area (Å²) in [6.45, 7) is 0.403. The van der Waals surface area contributed by atoms with Gasteiger partial charge in [-0.15, -0.1) is 0 Å². The van der Waals surface area contributed by atoms with E-state index in [1.807, 2.05) is 0 Å². The van der Waals surface area contributed by atoms with Crippen LogP contribution in [0.2, 0.25) is 0 Å². The molecule has 0 atom stereocenters. The Hall–Kier alpha value is -1.69. The van der Waals surface area contributed by atoms with Gasteiger partial charge < -0.3 is 11.5 Å². The molecule has 0 aliphatic heterocycles. The molecule has 0 saturated carbocycles. The lowest BCUT2D eigenvalue weighted by atomic mass is 10.3. The topological polar surface area (TPSA) is 95.1 Å². The number of hydrogen-bond acceptors (Lipinski definition) is 5. The fourth-order valence-corrected chi connectivity index (χ4v) is 1.02. The van der Waals surface area contributed by atoms with Gasteiger partial charge in [-0.25, -0.2) is 9.97 Å². The summed E-state index contributed by atoms with van der Waals surface area (Å²) in [5.41, 5.74) is 12.5. The second-order valence-corrected chi connectivity index (χ2v) is 2.34. The Bertz CT molecular complexity index is 405. The quantitative estimate of drug-likeness (QED) is 0.573. The first kappa shape index (κ1) is 6.99. The zero-order valence-electron chi connectivity index (χ0n) is 6.31. The SMILES string of the molecule is NCc1cnn2c(N)ncnc12. The van der Waals surface area contributed by atoms with E-state index in [2.05, 4.69) is 15.1 Å². The van der Waals surface area contributed by atoms with Gasteiger partial charge in [0.15, 0.2) is 5.65 Å². The Labute approximate surface area is 68.2 Å². The van der Waals surface area contributed by atoms with E-state index in [1.165, 1.54) is 10.8 Å². The Kier molecular flexibility index (Phi) is 1.41. The lowest BCUT2D eigenvalue weighted by Crippen LogP contribution is -2.03. The van der Waals surface area contributed by atoms with Gasteiger partial charge in [0, 0.05) is 12.1 Å². The van der Waals surface area contributed by atoms with E-state index in [1.54, 1.807) is 6.20 Å². The van der Waals surface area contributed by atoms with E-state index in [9.17, 15) is 0 Å². The molecule has 0 unspecified atom stereocenters. The second kappa shape index (κ2) is 2.42. The molecule has 2 aromatic rings. The molecule has 0 saturated heterocycles. The molecular formula is C6H8N6. The van der Waals surface area contributed by atoms with Crippen molar-refractivity contribution in [3.8, 4) is 0 Å². The maximum absolute atomic E-state index is 5.53. The van der Waals surface area contributed by atoms with Crippen molar-refractivity contribution in [1.82, 2.24) is 19.6 Å². The minimum absolute atomic E-state index is 0.319. The summed E-state index contributed by atoms with van der Waals surface area (Å²) >= 11 is 0. The molecule has 0 fully saturated rings. The molecule has 0 aliphatic rings. The highest BCUT2D eigenvalue weighted by atomic mass is 15.3. The van der Waals surface area contributed by atoms with Crippen LogP contribution in [0.25, 0.3) is 5.65 Å². The number of hydrogen-bond donors (Lipinski definition) is 2. The van der Waals surface area contributed by atoms with E-state index in [-0.39, 0.29) is 0 Å². The number of nitrogens with two attached hydrogens (primary N) is 2. The van der Waals surface area contributed by atoms with Gasteiger partial charge in [0.2, 0.25) is 5.95 Å². The standard InChI is InChI=1S/C6H8N6/c7-1-4-2-11-12-5(4)9-3-10-6(12)8/h2-3H,1,7H2,(H2,8,9,10). The molecule has 0 amide bonds. The summed E-state index contributed by atoms with van der Waals surface area (Å²) < 4.78 is 1.46. The van der Waals surface area contributed by atoms with Crippen molar-refractivity contribution in [1.29, 1.82) is 0 Å². The first-order valence-electron chi connectivity index (χ1n) is 3.46. The minimum atomic E-state index is 0.319. The normalized spacial score (nSPS) is 10.8. The van der Waals surface area contributed by atoms with Crippen LogP contribution in [0, 0.1) is 0 Å². The predicted molar refractivity (Wildman–Crippen MR) is 43.1 cm³/mol. The first-order valence-corrected chi connectivity index (χ1v) is 3.46. The van der Waals surface area contributed by atoms with Gasteiger partial charge in [-0.05, 0) is 0 Å². The van der Waals surface area contributed by atoms with E-state index in [4.69, 9.17) is 11.5 Å². The average molecular weight is 164 g/mol. The van der Waals surface area contributed by atoms with E-state index in [0.717, 1.165) is 5.56 Å². The highest BCUT2D eigenvalue weighted by Crippen LogP contribution is 2.07. The molecule has 0 aromatic carbocycles. The van der Waals surface area contributed by atoms with E-state index < -0.39 is 0 Å². The highest BCUT2D eigenvalue weighted by Gasteiger charge is 2.04. The van der Waals surface area contributed by atoms with Crippen molar-refractivity contribution < 1.29 is 0 Å². The van der Waals surface area contributed by atoms with E-state index in [0.29, 0.717) is 18.1 Å². The van der Waals surface area contributed by atoms with E-state index >= 15 is 0 Å². The van der Waals surface area contributed by atoms with Crippen LogP contribution in [-0.2, 0) is 6.54 Å². The van der Waals surface area contributed by atoms with Crippen LogP contribution < -0.4 is 11.5 Å². The Morgan fingerprint density at radius 1 is 1.42 bits per heavy atom. The molecular weight excluding hydrogens is 156 g/mol. The van der Waals surface area contributed by atoms with Gasteiger partial charge >= 0.3 is 0 Å². The fourth-order valence-electron chi connectivity index (χ4n) is 1.02. The minimum Gasteiger partial charge on any atom is -0.368 e. The van der Waals surface area contributed by atoms with Gasteiger partial charge in [-0.1, -0.05) is 0 Å². The number of nitrogens with zero attached hydrogens (tertiary/aromatic N) is 4. The third-order valence-electron chi connectivity index (χ3n) is 1.62. The molecule has 12 heavy (non-hydrogen) atoms. The van der Waals surface area contributed by atoms with Crippen LogP contribution >= 0.6 is 0 Å². The molecule has 62 valence electrons. The maximum atomic E-state index is 5.53. The number of aromatic nitrogens is 4. The molecule has 4 N–H and O–H groups in total. The van der Waals surface area contributed by atoms with Crippen molar-refractivity contribution in [3.63, 3.8) is 0 Å². The lowest BCUT2D eigenvalue weighted by Gasteiger charge is -1.95. The lowest BCUT2D eigenvalue weighted by molar-refractivity contribution is 0.908. The molecule has 0 bridgehead atoms. The van der Waals surface area contributed by atoms with Crippen molar-refractivity contribution in [2.45, 2.75) is 6.54 Å². The Morgan fingerprint density at radius 3 is 3.00 bits per heavy atom. The van der Waals surface area contributed by atoms with Gasteiger partial charge in [0.05, 0.1) is 6.20 Å². The summed E-state index contributed by atoms with van der Waals surface area (Å²) in [6.07, 6.45) is 3.03. The first-order chi connectivity index (χ1) is 5.83. The van der Waals surface area contributed by atoms with Crippen molar-refractivity contribution in [2.24, 2.45) is 5.73 Å². The van der Waals surface area contributed by atoms with Crippen LogP contribution in [0.1, 0.15) is 5.56 Å². The Morgan fingerprint density at radius 2 is 2.25 bits per heavy atom. The molecule has 6 heteroatoms. The summed E-state index contributed by atoms with van der Waals surface area (Å²) in [5, 5.41) is 3.98. The summed E-state index contributed by atoms with van der Waals surface area (Å²) in [4.78, 5) is 7.78. The third kappa shape index (κ3) is 0.817. The molecule has 6 nitrogen and oxygen atoms in total. The smallest absolute Gasteiger partial charge is 0.224 e. The maximum Gasteiger partial charge on any atom is 0.224 e. The number of fused-ring (bicyclic) bond motifs is 1. The van der Waals surface area contributed by atoms with Crippen LogP contribution in [-0.4, -0.2) is 19.6 Å². The summed E-state index contributed by atoms with van der Waals surface area (Å²) in [6, 6.07) is 0. The molecule has 0 spiro atoms. The Balaban J connectivity index is 2.80. The van der Waals surface area contributed by atoms with Crippen molar-refractivity contribution >= 4 is 11.6 Å². The highest BCUT2D eigenvalue weighted by molar-refractivity contribution is 5.48. The van der Waals surface area contributed by atoms with Crippen LogP contribution in [0.5, 0.6) is 0 Å². The predicted octanol–water partition coefficient (Wildman–Crippen LogP) is -0.835. The zero-order chi connectivity index (χ0) is 8.55. The summed E-state index contributed by atoms with van der Waals surface area (Å²) in [5.74, 6) is 0.319. The zero-order valence-corrected chi connectivity index (χ0v) is 6.31. The van der Waals surface area contributed by atoms with Gasteiger partial charge in [-0.2, -0.15) is 9.61 Å². The molecule has 2 aromatic heterocycles. The number of anilines is 1. The van der Waals surface area contributed by atoms with Crippen LogP contribution in [0.4, 0.5) is 5.95 Å². The van der Waals surface area contributed by atoms with Gasteiger partial charge in [-0.3, -0.25) is 0 Å². The van der Waals surface area contributed by atoms with Gasteiger partial charge in [0.1, 0.15) is 6.33 Å². The van der Waals surface area contributed by atoms with Crippen molar-refractivity contribution in [2.75, 3.05) is 5.73 Å². The molecule has 2 rings (SSSR count). The molecule has 0 radical (unpaired) electrons. The third-order valence-corrected chi connectivity index (χ3v) is 1.62. The molecule has 2 heterocycles. The van der Waals surface area contributed by atoms with Crippen LogP contribution in [0.15, 0.2) is 12.5 Å². The molecule has 0 aliphatic carbocycles. The van der Waals surface area contributed by atoms with Crippen LogP contribution in [0.3, 0.4) is 0 Å². The van der Waals surface area contributed by atoms with Gasteiger partial charge in [0.25, 0.3) is 0 Å². The monoisotopic (exact) mass is 164 g/mol. The fraction of sp³-hybridized carbons (Fsp3) is 0.167. The number of rotatable bonds is 1. The largest absolute Gasteiger partial charge is 0.368 e. The average Bonchev–Trinajstić information content (AvgIpc) is 2.49. The van der Waals surface area contributed by atoms with Crippen molar-refractivity contribution in [3.05, 3.63) is 18.1 Å². The second-order valence-electron chi connectivity index (χ2n) is 2.34. The summed E-state index contributed by atoms with van der Waals surface area (Å²) in [7, 11) is 0. The number of nitrogen functional groups attached to an aromatic ring is 1.